The Hall–Kier alpha value is -3.64. The summed E-state index contributed by atoms with van der Waals surface area (Å²) in [5, 5.41) is 0. The third kappa shape index (κ3) is 4.09. The van der Waals surface area contributed by atoms with E-state index in [4.69, 9.17) is 0 Å². The molecule has 0 saturated carbocycles. The minimum atomic E-state index is -0.333. The Morgan fingerprint density at radius 3 is 2.09 bits per heavy atom. The monoisotopic (exact) mass is 416 g/mol. The van der Waals surface area contributed by atoms with E-state index in [0.29, 0.717) is 0 Å². The number of benzene rings is 3. The number of fused-ring (bicyclic) bond motifs is 3. The molecule has 3 aromatic carbocycles. The van der Waals surface area contributed by atoms with E-state index in [0.717, 1.165) is 5.57 Å². The van der Waals surface area contributed by atoms with Gasteiger partial charge in [0, 0.05) is 0 Å². The number of hydrogen-bond donors (Lipinski definition) is 0. The molecule has 1 aliphatic carbocycles. The van der Waals surface area contributed by atoms with Crippen molar-refractivity contribution < 1.29 is 0 Å². The Balaban J connectivity index is 0.000000523. The lowest BCUT2D eigenvalue weighted by Crippen LogP contribution is -2.29. The topological polar surface area (TPSA) is 0 Å². The molecule has 0 spiro atoms. The molecule has 3 aromatic rings. The summed E-state index contributed by atoms with van der Waals surface area (Å²) in [5.74, 6) is 0. The van der Waals surface area contributed by atoms with Crippen molar-refractivity contribution in [3.05, 3.63) is 156 Å². The molecule has 1 unspecified atom stereocenters. The van der Waals surface area contributed by atoms with Crippen molar-refractivity contribution in [2.75, 3.05) is 0 Å². The highest BCUT2D eigenvalue weighted by molar-refractivity contribution is 5.86. The lowest BCUT2D eigenvalue weighted by Gasteiger charge is -2.34. The van der Waals surface area contributed by atoms with Gasteiger partial charge in [0.2, 0.25) is 0 Å². The number of hydrogen-bond acceptors (Lipinski definition) is 0. The molecule has 160 valence electrons. The third-order valence-electron chi connectivity index (χ3n) is 5.83. The molecule has 0 fully saturated rings. The first-order chi connectivity index (χ1) is 15.5. The van der Waals surface area contributed by atoms with Crippen molar-refractivity contribution in [2.45, 2.75) is 26.2 Å². The summed E-state index contributed by atoms with van der Waals surface area (Å²) in [7, 11) is 0. The molecule has 0 nitrogen and oxygen atoms in total. The largest absolute Gasteiger partial charge is 0.0991 e. The summed E-state index contributed by atoms with van der Waals surface area (Å²) in [4.78, 5) is 0. The van der Waals surface area contributed by atoms with Crippen LogP contribution in [-0.2, 0) is 5.41 Å². The Morgan fingerprint density at radius 2 is 1.47 bits per heavy atom. The van der Waals surface area contributed by atoms with E-state index >= 15 is 0 Å². The molecule has 0 saturated heterocycles. The number of allylic oxidation sites excluding steroid dienone is 7. The predicted molar refractivity (Wildman–Crippen MR) is 141 cm³/mol. The fourth-order valence-electron chi connectivity index (χ4n) is 4.48. The fraction of sp³-hybridized carbons (Fsp3) is 0.125. The van der Waals surface area contributed by atoms with Crippen LogP contribution >= 0.6 is 0 Å². The van der Waals surface area contributed by atoms with Crippen LogP contribution in [0.5, 0.6) is 0 Å². The van der Waals surface area contributed by atoms with Crippen LogP contribution in [0.2, 0.25) is 0 Å². The molecule has 0 amide bonds. The average molecular weight is 417 g/mol. The van der Waals surface area contributed by atoms with Gasteiger partial charge in [0.05, 0.1) is 5.41 Å². The zero-order valence-corrected chi connectivity index (χ0v) is 19.4. The van der Waals surface area contributed by atoms with Crippen molar-refractivity contribution in [1.82, 2.24) is 0 Å². The molecule has 0 radical (unpaired) electrons. The Bertz CT molecular complexity index is 1190. The average Bonchev–Trinajstić information content (AvgIpc) is 3.10. The molecule has 0 aromatic heterocycles. The molecule has 0 heteroatoms. The van der Waals surface area contributed by atoms with E-state index in [1.807, 2.05) is 13.0 Å². The summed E-state index contributed by atoms with van der Waals surface area (Å²) >= 11 is 0. The maximum Gasteiger partial charge on any atom is 0.0713 e. The molecule has 0 aliphatic heterocycles. The minimum absolute atomic E-state index is 0.333. The standard InChI is InChI=1S/C27H24.C5H8/c1-4-11-21(12-5-2)27(22-13-7-6-8-14-22)25-16-10-9-15-23(25)24-18-17-20(3)19-26(24)27;1-4-5(2)3/h4-19H,1H2,2-3H3;4H,1-2H2,3H3/b12-5-,21-11+;. The van der Waals surface area contributed by atoms with Gasteiger partial charge in [0.1, 0.15) is 0 Å². The zero-order valence-electron chi connectivity index (χ0n) is 19.4. The van der Waals surface area contributed by atoms with Crippen LogP contribution in [0.4, 0.5) is 0 Å². The molecule has 0 bridgehead atoms. The van der Waals surface area contributed by atoms with Gasteiger partial charge in [-0.05, 0) is 54.2 Å². The van der Waals surface area contributed by atoms with Crippen LogP contribution in [-0.4, -0.2) is 0 Å². The minimum Gasteiger partial charge on any atom is -0.0991 e. The van der Waals surface area contributed by atoms with Crippen LogP contribution in [0.1, 0.15) is 36.1 Å². The van der Waals surface area contributed by atoms with Gasteiger partial charge in [-0.15, -0.1) is 0 Å². The summed E-state index contributed by atoms with van der Waals surface area (Å²) in [5.41, 5.74) is 9.81. The number of aryl methyl sites for hydroxylation is 1. The molecule has 4 rings (SSSR count). The summed E-state index contributed by atoms with van der Waals surface area (Å²) < 4.78 is 0. The first kappa shape index (κ1) is 23.0. The van der Waals surface area contributed by atoms with E-state index in [9.17, 15) is 0 Å². The van der Waals surface area contributed by atoms with Crippen LogP contribution in [0.15, 0.2) is 134 Å². The van der Waals surface area contributed by atoms with Crippen molar-refractivity contribution in [3.8, 4) is 11.1 Å². The lowest BCUT2D eigenvalue weighted by molar-refractivity contribution is 0.766. The predicted octanol–water partition coefficient (Wildman–Crippen LogP) is 8.75. The first-order valence-electron chi connectivity index (χ1n) is 11.0. The molecule has 1 atom stereocenters. The van der Waals surface area contributed by atoms with E-state index in [2.05, 4.69) is 125 Å². The molecule has 1 aliphatic rings. The normalized spacial score (nSPS) is 16.5. The van der Waals surface area contributed by atoms with Gasteiger partial charge in [0.15, 0.2) is 0 Å². The van der Waals surface area contributed by atoms with Crippen molar-refractivity contribution >= 4 is 0 Å². The van der Waals surface area contributed by atoms with Crippen LogP contribution in [0, 0.1) is 6.92 Å². The molecular formula is C32H32. The SMILES string of the molecule is C=C/C=C(\C=C/C)C1(c2ccccc2)c2ccccc2-c2ccc(C)cc21.C=CC(=C)C. The smallest absolute Gasteiger partial charge is 0.0713 e. The fourth-order valence-corrected chi connectivity index (χ4v) is 4.48. The summed E-state index contributed by atoms with van der Waals surface area (Å²) in [6.45, 7) is 17.2. The lowest BCUT2D eigenvalue weighted by atomic mass is 9.66. The van der Waals surface area contributed by atoms with Gasteiger partial charge in [0.25, 0.3) is 0 Å². The zero-order chi connectivity index (χ0) is 23.1. The second kappa shape index (κ2) is 10.1. The van der Waals surface area contributed by atoms with E-state index in [1.165, 1.54) is 39.0 Å². The summed E-state index contributed by atoms with van der Waals surface area (Å²) in [6, 6.07) is 26.5. The van der Waals surface area contributed by atoms with Crippen molar-refractivity contribution in [1.29, 1.82) is 0 Å². The molecule has 0 heterocycles. The van der Waals surface area contributed by atoms with E-state index < -0.39 is 0 Å². The Labute approximate surface area is 193 Å². The number of rotatable bonds is 5. The van der Waals surface area contributed by atoms with Crippen LogP contribution < -0.4 is 0 Å². The Morgan fingerprint density at radius 1 is 0.844 bits per heavy atom. The maximum atomic E-state index is 4.00. The van der Waals surface area contributed by atoms with E-state index in [-0.39, 0.29) is 5.41 Å². The van der Waals surface area contributed by atoms with Crippen molar-refractivity contribution in [3.63, 3.8) is 0 Å². The van der Waals surface area contributed by atoms with Gasteiger partial charge >= 0.3 is 0 Å². The van der Waals surface area contributed by atoms with E-state index in [1.54, 1.807) is 6.08 Å². The quantitative estimate of drug-likeness (QED) is 0.365. The van der Waals surface area contributed by atoms with Crippen LogP contribution in [0.25, 0.3) is 11.1 Å². The Kier molecular flexibility index (Phi) is 7.28. The van der Waals surface area contributed by atoms with Gasteiger partial charge in [-0.1, -0.05) is 134 Å². The van der Waals surface area contributed by atoms with Gasteiger partial charge in [-0.25, -0.2) is 0 Å². The van der Waals surface area contributed by atoms with Crippen LogP contribution in [0.3, 0.4) is 0 Å². The second-order valence-electron chi connectivity index (χ2n) is 8.12. The molecule has 0 N–H and O–H groups in total. The maximum absolute atomic E-state index is 4.00. The highest BCUT2D eigenvalue weighted by Crippen LogP contribution is 2.56. The first-order valence-corrected chi connectivity index (χ1v) is 11.0. The molecule has 32 heavy (non-hydrogen) atoms. The molecular weight excluding hydrogens is 384 g/mol. The van der Waals surface area contributed by atoms with Gasteiger partial charge in [-0.2, -0.15) is 0 Å². The highest BCUT2D eigenvalue weighted by Gasteiger charge is 2.46. The highest BCUT2D eigenvalue weighted by atomic mass is 14.5. The third-order valence-corrected chi connectivity index (χ3v) is 5.83. The second-order valence-corrected chi connectivity index (χ2v) is 8.12. The summed E-state index contributed by atoms with van der Waals surface area (Å²) in [6.07, 6.45) is 10.1. The van der Waals surface area contributed by atoms with Crippen molar-refractivity contribution in [2.24, 2.45) is 0 Å². The van der Waals surface area contributed by atoms with Gasteiger partial charge < -0.3 is 0 Å². The van der Waals surface area contributed by atoms with Gasteiger partial charge in [-0.3, -0.25) is 0 Å².